The maximum Gasteiger partial charge on any atom is 0.192 e. The lowest BCUT2D eigenvalue weighted by Gasteiger charge is -2.17. The minimum atomic E-state index is 0.191. The highest BCUT2D eigenvalue weighted by molar-refractivity contribution is 7.10. The van der Waals surface area contributed by atoms with Crippen LogP contribution in [0.3, 0.4) is 0 Å². The summed E-state index contributed by atoms with van der Waals surface area (Å²) in [7, 11) is 1.96. The Balaban J connectivity index is 1.70. The first-order valence-corrected chi connectivity index (χ1v) is 9.85. The first-order valence-electron chi connectivity index (χ1n) is 8.09. The van der Waals surface area contributed by atoms with Gasteiger partial charge < -0.3 is 15.2 Å². The second-order valence-corrected chi connectivity index (χ2v) is 7.71. The molecule has 0 aliphatic heterocycles. The molecule has 0 aromatic carbocycles. The van der Waals surface area contributed by atoms with E-state index in [0.29, 0.717) is 6.54 Å². The zero-order chi connectivity index (χ0) is 17.6. The van der Waals surface area contributed by atoms with Gasteiger partial charge in [0.2, 0.25) is 0 Å². The van der Waals surface area contributed by atoms with Crippen LogP contribution in [0, 0.1) is 6.92 Å². The standard InChI is InChI=1S/C17H22N6S2/c1-12(15-7-5-9-25-15)20-17(18-10-14-6-4-8-24-14)19-11-16-22-21-13(2)23(16)3/h4-9,12H,10-11H2,1-3H3,(H2,18,19,20). The van der Waals surface area contributed by atoms with Gasteiger partial charge in [-0.05, 0) is 36.7 Å². The average molecular weight is 375 g/mol. The fourth-order valence-electron chi connectivity index (χ4n) is 2.29. The Kier molecular flexibility index (Phi) is 5.83. The summed E-state index contributed by atoms with van der Waals surface area (Å²) in [6, 6.07) is 8.56. The van der Waals surface area contributed by atoms with Crippen LogP contribution in [0.1, 0.15) is 34.4 Å². The fourth-order valence-corrected chi connectivity index (χ4v) is 3.67. The highest BCUT2D eigenvalue weighted by Crippen LogP contribution is 2.18. The molecule has 3 heterocycles. The van der Waals surface area contributed by atoms with Gasteiger partial charge in [-0.25, -0.2) is 4.99 Å². The second-order valence-electron chi connectivity index (χ2n) is 5.70. The van der Waals surface area contributed by atoms with Crippen molar-refractivity contribution in [3.63, 3.8) is 0 Å². The van der Waals surface area contributed by atoms with E-state index in [9.17, 15) is 0 Å². The molecule has 132 valence electrons. The second kappa shape index (κ2) is 8.26. The highest BCUT2D eigenvalue weighted by Gasteiger charge is 2.10. The topological polar surface area (TPSA) is 67.1 Å². The lowest BCUT2D eigenvalue weighted by molar-refractivity contribution is 0.687. The molecule has 3 rings (SSSR count). The van der Waals surface area contributed by atoms with Crippen LogP contribution in [-0.2, 0) is 20.1 Å². The summed E-state index contributed by atoms with van der Waals surface area (Å²) in [6.07, 6.45) is 0. The van der Waals surface area contributed by atoms with Crippen LogP contribution in [0.2, 0.25) is 0 Å². The Bertz CT molecular complexity index is 804. The molecule has 0 saturated carbocycles. The largest absolute Gasteiger partial charge is 0.351 e. The third-order valence-electron chi connectivity index (χ3n) is 3.89. The number of aryl methyl sites for hydroxylation is 1. The molecular weight excluding hydrogens is 352 g/mol. The summed E-state index contributed by atoms with van der Waals surface area (Å²) < 4.78 is 1.96. The summed E-state index contributed by atoms with van der Waals surface area (Å²) in [6.45, 7) is 5.31. The molecule has 0 amide bonds. The van der Waals surface area contributed by atoms with Crippen molar-refractivity contribution in [1.29, 1.82) is 0 Å². The van der Waals surface area contributed by atoms with E-state index in [-0.39, 0.29) is 6.04 Å². The lowest BCUT2D eigenvalue weighted by Crippen LogP contribution is -2.38. The third-order valence-corrected chi connectivity index (χ3v) is 5.83. The Morgan fingerprint density at radius 2 is 2.04 bits per heavy atom. The monoisotopic (exact) mass is 374 g/mol. The van der Waals surface area contributed by atoms with Crippen molar-refractivity contribution < 1.29 is 0 Å². The molecule has 0 aliphatic rings. The zero-order valence-corrected chi connectivity index (χ0v) is 16.2. The molecular formula is C17H22N6S2. The van der Waals surface area contributed by atoms with Crippen LogP contribution in [-0.4, -0.2) is 20.7 Å². The van der Waals surface area contributed by atoms with E-state index >= 15 is 0 Å². The van der Waals surface area contributed by atoms with E-state index in [1.165, 1.54) is 9.75 Å². The van der Waals surface area contributed by atoms with Gasteiger partial charge in [-0.15, -0.1) is 32.9 Å². The molecule has 0 radical (unpaired) electrons. The number of rotatable bonds is 6. The quantitative estimate of drug-likeness (QED) is 0.513. The normalized spacial score (nSPS) is 13.0. The van der Waals surface area contributed by atoms with Crippen LogP contribution in [0.5, 0.6) is 0 Å². The van der Waals surface area contributed by atoms with E-state index in [0.717, 1.165) is 24.2 Å². The number of aromatic nitrogens is 3. The highest BCUT2D eigenvalue weighted by atomic mass is 32.1. The summed E-state index contributed by atoms with van der Waals surface area (Å²) in [4.78, 5) is 7.25. The molecule has 8 heteroatoms. The molecule has 0 bridgehead atoms. The Morgan fingerprint density at radius 3 is 2.68 bits per heavy atom. The van der Waals surface area contributed by atoms with E-state index in [1.807, 2.05) is 18.5 Å². The van der Waals surface area contributed by atoms with E-state index < -0.39 is 0 Å². The third kappa shape index (κ3) is 4.67. The molecule has 0 spiro atoms. The maximum absolute atomic E-state index is 4.70. The number of aliphatic imine (C=N–C) groups is 1. The van der Waals surface area contributed by atoms with Crippen LogP contribution in [0.25, 0.3) is 0 Å². The molecule has 0 fully saturated rings. The van der Waals surface area contributed by atoms with Crippen molar-refractivity contribution in [3.05, 3.63) is 56.4 Å². The first kappa shape index (κ1) is 17.6. The van der Waals surface area contributed by atoms with Crippen molar-refractivity contribution in [2.75, 3.05) is 0 Å². The molecule has 3 aromatic rings. The molecule has 1 unspecified atom stereocenters. The minimum Gasteiger partial charge on any atom is -0.351 e. The number of nitrogens with zero attached hydrogens (tertiary/aromatic N) is 4. The van der Waals surface area contributed by atoms with Crippen molar-refractivity contribution in [3.8, 4) is 0 Å². The van der Waals surface area contributed by atoms with Crippen LogP contribution in [0.4, 0.5) is 0 Å². The van der Waals surface area contributed by atoms with Crippen molar-refractivity contribution in [2.24, 2.45) is 12.0 Å². The molecule has 0 aliphatic carbocycles. The van der Waals surface area contributed by atoms with Crippen LogP contribution in [0.15, 0.2) is 40.0 Å². The van der Waals surface area contributed by atoms with Gasteiger partial charge in [-0.3, -0.25) is 0 Å². The number of hydrogen-bond donors (Lipinski definition) is 2. The van der Waals surface area contributed by atoms with Gasteiger partial charge in [0.1, 0.15) is 12.4 Å². The molecule has 1 atom stereocenters. The summed E-state index contributed by atoms with van der Waals surface area (Å²) >= 11 is 3.47. The number of nitrogens with one attached hydrogen (secondary N) is 2. The Labute approximate surface area is 155 Å². The van der Waals surface area contributed by atoms with Crippen molar-refractivity contribution >= 4 is 28.6 Å². The predicted molar refractivity (Wildman–Crippen MR) is 104 cm³/mol. The van der Waals surface area contributed by atoms with E-state index in [2.05, 4.69) is 62.8 Å². The van der Waals surface area contributed by atoms with Gasteiger partial charge >= 0.3 is 0 Å². The summed E-state index contributed by atoms with van der Waals surface area (Å²) in [5, 5.41) is 19.3. The summed E-state index contributed by atoms with van der Waals surface area (Å²) in [5.74, 6) is 2.51. The lowest BCUT2D eigenvalue weighted by atomic mass is 10.3. The number of guanidine groups is 1. The van der Waals surface area contributed by atoms with Gasteiger partial charge in [0.15, 0.2) is 11.8 Å². The number of hydrogen-bond acceptors (Lipinski definition) is 5. The SMILES string of the molecule is Cc1nnc(CN=C(NCc2cccs2)NC(C)c2cccs2)n1C. The molecule has 2 N–H and O–H groups in total. The van der Waals surface area contributed by atoms with Crippen LogP contribution >= 0.6 is 22.7 Å². The molecule has 0 saturated heterocycles. The molecule has 25 heavy (non-hydrogen) atoms. The summed E-state index contributed by atoms with van der Waals surface area (Å²) in [5.41, 5.74) is 0. The average Bonchev–Trinajstić information content (AvgIpc) is 3.35. The smallest absolute Gasteiger partial charge is 0.192 e. The minimum absolute atomic E-state index is 0.191. The van der Waals surface area contributed by atoms with Gasteiger partial charge in [-0.2, -0.15) is 0 Å². The van der Waals surface area contributed by atoms with Crippen molar-refractivity contribution in [2.45, 2.75) is 33.0 Å². The van der Waals surface area contributed by atoms with E-state index in [4.69, 9.17) is 4.99 Å². The molecule has 6 nitrogen and oxygen atoms in total. The van der Waals surface area contributed by atoms with Gasteiger partial charge in [0, 0.05) is 16.8 Å². The van der Waals surface area contributed by atoms with Crippen LogP contribution < -0.4 is 10.6 Å². The Morgan fingerprint density at radius 1 is 1.24 bits per heavy atom. The van der Waals surface area contributed by atoms with E-state index in [1.54, 1.807) is 22.7 Å². The fraction of sp³-hybridized carbons (Fsp3) is 0.353. The number of thiophene rings is 2. The maximum atomic E-state index is 4.70. The first-order chi connectivity index (χ1) is 12.1. The Hall–Kier alpha value is -2.19. The van der Waals surface area contributed by atoms with Gasteiger partial charge in [0.25, 0.3) is 0 Å². The van der Waals surface area contributed by atoms with Crippen molar-refractivity contribution in [1.82, 2.24) is 25.4 Å². The predicted octanol–water partition coefficient (Wildman–Crippen LogP) is 3.24. The van der Waals surface area contributed by atoms with Gasteiger partial charge in [0.05, 0.1) is 12.6 Å². The van der Waals surface area contributed by atoms with Gasteiger partial charge in [-0.1, -0.05) is 12.1 Å². The molecule has 3 aromatic heterocycles. The zero-order valence-electron chi connectivity index (χ0n) is 14.6.